The van der Waals surface area contributed by atoms with Crippen molar-refractivity contribution < 1.29 is 9.53 Å². The molecule has 1 fully saturated rings. The number of rotatable bonds is 2. The molecule has 0 aromatic rings. The van der Waals surface area contributed by atoms with Gasteiger partial charge in [-0.25, -0.2) is 0 Å². The Morgan fingerprint density at radius 2 is 2.21 bits per heavy atom. The first-order valence-corrected chi connectivity index (χ1v) is 5.45. The van der Waals surface area contributed by atoms with Crippen molar-refractivity contribution in [3.05, 3.63) is 0 Å². The van der Waals surface area contributed by atoms with Crippen molar-refractivity contribution in [2.45, 2.75) is 39.5 Å². The van der Waals surface area contributed by atoms with E-state index in [-0.39, 0.29) is 17.8 Å². The van der Waals surface area contributed by atoms with Crippen molar-refractivity contribution in [1.29, 1.82) is 0 Å². The van der Waals surface area contributed by atoms with Crippen LogP contribution in [0.1, 0.15) is 27.7 Å². The maximum atomic E-state index is 11.7. The molecular formula is C10H18ClNO2. The van der Waals surface area contributed by atoms with Crippen LogP contribution in [0.2, 0.25) is 0 Å². The molecule has 0 radical (unpaired) electrons. The van der Waals surface area contributed by atoms with Gasteiger partial charge in [0.1, 0.15) is 11.6 Å². The molecule has 0 bridgehead atoms. The quantitative estimate of drug-likeness (QED) is 0.664. The van der Waals surface area contributed by atoms with Crippen LogP contribution in [0.3, 0.4) is 0 Å². The Labute approximate surface area is 90.4 Å². The number of amides is 1. The Morgan fingerprint density at radius 1 is 1.64 bits per heavy atom. The molecule has 4 heteroatoms. The second-order valence-electron chi connectivity index (χ2n) is 4.47. The van der Waals surface area contributed by atoms with Gasteiger partial charge in [-0.3, -0.25) is 4.79 Å². The van der Waals surface area contributed by atoms with E-state index < -0.39 is 5.72 Å². The molecule has 0 unspecified atom stereocenters. The van der Waals surface area contributed by atoms with Crippen LogP contribution in [0, 0.1) is 5.92 Å². The van der Waals surface area contributed by atoms with Crippen LogP contribution >= 0.6 is 11.6 Å². The first-order chi connectivity index (χ1) is 6.40. The summed E-state index contributed by atoms with van der Waals surface area (Å²) in [5, 5.41) is 0. The monoisotopic (exact) mass is 219 g/mol. The molecule has 1 heterocycles. The van der Waals surface area contributed by atoms with Gasteiger partial charge in [-0.05, 0) is 19.8 Å². The van der Waals surface area contributed by atoms with Crippen molar-refractivity contribution >= 4 is 17.5 Å². The van der Waals surface area contributed by atoms with E-state index in [9.17, 15) is 4.79 Å². The summed E-state index contributed by atoms with van der Waals surface area (Å²) in [6.45, 7) is 8.58. The molecule has 0 saturated carbocycles. The van der Waals surface area contributed by atoms with Crippen LogP contribution in [0.5, 0.6) is 0 Å². The Bertz CT molecular complexity index is 228. The number of hydrogen-bond acceptors (Lipinski definition) is 2. The lowest BCUT2D eigenvalue weighted by atomic mass is 10.0. The second-order valence-corrected chi connectivity index (χ2v) is 4.73. The van der Waals surface area contributed by atoms with E-state index in [0.717, 1.165) is 0 Å². The average Bonchev–Trinajstić information content (AvgIpc) is 2.40. The predicted molar refractivity (Wildman–Crippen MR) is 56.2 cm³/mol. The molecule has 0 spiro atoms. The van der Waals surface area contributed by atoms with Gasteiger partial charge in [0, 0.05) is 0 Å². The lowest BCUT2D eigenvalue weighted by molar-refractivity contribution is -0.144. The lowest BCUT2D eigenvalue weighted by Crippen LogP contribution is -2.50. The number of hydrogen-bond donors (Lipinski definition) is 0. The number of ether oxygens (including phenoxy) is 1. The topological polar surface area (TPSA) is 29.5 Å². The molecule has 0 aliphatic carbocycles. The summed E-state index contributed by atoms with van der Waals surface area (Å²) in [4.78, 5) is 13.4. The van der Waals surface area contributed by atoms with E-state index in [1.807, 2.05) is 13.8 Å². The fraction of sp³-hybridized carbons (Fsp3) is 0.900. The first kappa shape index (κ1) is 11.8. The zero-order valence-corrected chi connectivity index (χ0v) is 9.97. The van der Waals surface area contributed by atoms with Gasteiger partial charge in [0.15, 0.2) is 0 Å². The number of carbonyl (C=O) groups excluding carboxylic acids is 1. The van der Waals surface area contributed by atoms with Crippen LogP contribution in [0.4, 0.5) is 0 Å². The average molecular weight is 220 g/mol. The van der Waals surface area contributed by atoms with Crippen LogP contribution in [0.15, 0.2) is 0 Å². The van der Waals surface area contributed by atoms with Crippen molar-refractivity contribution in [3.8, 4) is 0 Å². The minimum atomic E-state index is -0.513. The highest BCUT2D eigenvalue weighted by Crippen LogP contribution is 2.30. The predicted octanol–water partition coefficient (Wildman–Crippen LogP) is 1.84. The van der Waals surface area contributed by atoms with E-state index in [1.54, 1.807) is 4.90 Å². The van der Waals surface area contributed by atoms with Crippen LogP contribution < -0.4 is 0 Å². The van der Waals surface area contributed by atoms with E-state index in [4.69, 9.17) is 16.3 Å². The van der Waals surface area contributed by atoms with Crippen molar-refractivity contribution in [1.82, 2.24) is 4.90 Å². The normalized spacial score (nSPS) is 25.9. The summed E-state index contributed by atoms with van der Waals surface area (Å²) in [7, 11) is 0. The van der Waals surface area contributed by atoms with Crippen LogP contribution in [-0.4, -0.2) is 35.1 Å². The number of nitrogens with zero attached hydrogens (tertiary/aromatic N) is 1. The number of carbonyl (C=O) groups is 1. The molecule has 0 aromatic heterocycles. The summed E-state index contributed by atoms with van der Waals surface area (Å²) in [5.41, 5.74) is -0.513. The maximum Gasteiger partial charge on any atom is 0.240 e. The van der Waals surface area contributed by atoms with Gasteiger partial charge in [-0.2, -0.15) is 0 Å². The zero-order valence-electron chi connectivity index (χ0n) is 9.21. The van der Waals surface area contributed by atoms with Gasteiger partial charge < -0.3 is 9.64 Å². The molecule has 1 rings (SSSR count). The summed E-state index contributed by atoms with van der Waals surface area (Å²) in [6, 6.07) is 0.149. The molecule has 1 atom stereocenters. The summed E-state index contributed by atoms with van der Waals surface area (Å²) in [6.07, 6.45) is 0. The summed E-state index contributed by atoms with van der Waals surface area (Å²) < 4.78 is 5.60. The highest BCUT2D eigenvalue weighted by molar-refractivity contribution is 6.27. The Balaban J connectivity index is 2.87. The maximum absolute atomic E-state index is 11.7. The smallest absolute Gasteiger partial charge is 0.240 e. The lowest BCUT2D eigenvalue weighted by Gasteiger charge is -2.34. The first-order valence-electron chi connectivity index (χ1n) is 4.92. The minimum Gasteiger partial charge on any atom is -0.354 e. The fourth-order valence-electron chi connectivity index (χ4n) is 1.87. The standard InChI is InChI=1S/C10H18ClNO2/c1-7(2)8-6-14-10(3,4)12(8)9(13)5-11/h7-8H,5-6H2,1-4H3/t8-/m1/s1. The molecule has 0 aromatic carbocycles. The fourth-order valence-corrected chi connectivity index (χ4v) is 2.00. The Morgan fingerprint density at radius 3 is 2.64 bits per heavy atom. The second kappa shape index (κ2) is 4.07. The number of halogens is 1. The molecule has 1 amide bonds. The van der Waals surface area contributed by atoms with Crippen molar-refractivity contribution in [2.75, 3.05) is 12.5 Å². The SMILES string of the molecule is CC(C)[C@H]1COC(C)(C)N1C(=O)CCl. The van der Waals surface area contributed by atoms with E-state index in [1.165, 1.54) is 0 Å². The van der Waals surface area contributed by atoms with Gasteiger partial charge in [-0.1, -0.05) is 13.8 Å². The highest BCUT2D eigenvalue weighted by atomic mass is 35.5. The van der Waals surface area contributed by atoms with Gasteiger partial charge in [0.25, 0.3) is 0 Å². The van der Waals surface area contributed by atoms with Crippen molar-refractivity contribution in [2.24, 2.45) is 5.92 Å². The third-order valence-electron chi connectivity index (χ3n) is 2.67. The van der Waals surface area contributed by atoms with E-state index in [2.05, 4.69) is 13.8 Å². The Kier molecular flexibility index (Phi) is 3.43. The molecule has 1 aliphatic heterocycles. The third-order valence-corrected chi connectivity index (χ3v) is 2.90. The molecule has 1 saturated heterocycles. The van der Waals surface area contributed by atoms with Gasteiger partial charge in [0.05, 0.1) is 12.6 Å². The van der Waals surface area contributed by atoms with Gasteiger partial charge >= 0.3 is 0 Å². The molecule has 3 nitrogen and oxygen atoms in total. The molecule has 14 heavy (non-hydrogen) atoms. The Hall–Kier alpha value is -0.280. The van der Waals surface area contributed by atoms with Crippen LogP contribution in [-0.2, 0) is 9.53 Å². The molecule has 0 N–H and O–H groups in total. The highest BCUT2D eigenvalue weighted by Gasteiger charge is 2.44. The van der Waals surface area contributed by atoms with E-state index >= 15 is 0 Å². The third kappa shape index (κ3) is 2.04. The summed E-state index contributed by atoms with van der Waals surface area (Å²) in [5.74, 6) is 0.368. The largest absolute Gasteiger partial charge is 0.354 e. The molecular weight excluding hydrogens is 202 g/mol. The van der Waals surface area contributed by atoms with Gasteiger partial charge in [0.2, 0.25) is 5.91 Å². The summed E-state index contributed by atoms with van der Waals surface area (Å²) >= 11 is 5.58. The van der Waals surface area contributed by atoms with Crippen LogP contribution in [0.25, 0.3) is 0 Å². The molecule has 82 valence electrons. The van der Waals surface area contributed by atoms with Gasteiger partial charge in [-0.15, -0.1) is 11.6 Å². The number of alkyl halides is 1. The van der Waals surface area contributed by atoms with E-state index in [0.29, 0.717) is 12.5 Å². The zero-order chi connectivity index (χ0) is 10.9. The van der Waals surface area contributed by atoms with Crippen molar-refractivity contribution in [3.63, 3.8) is 0 Å². The minimum absolute atomic E-state index is 0.0238. The molecule has 1 aliphatic rings.